The van der Waals surface area contributed by atoms with E-state index in [0.717, 1.165) is 12.1 Å². The second-order valence-electron chi connectivity index (χ2n) is 5.08. The van der Waals surface area contributed by atoms with Crippen molar-refractivity contribution >= 4 is 16.1 Å². The number of non-ortho nitro benzene ring substituents is 1. The van der Waals surface area contributed by atoms with Crippen LogP contribution < -0.4 is 4.74 Å². The molecule has 140 valence electrons. The number of rotatable bonds is 6. The van der Waals surface area contributed by atoms with E-state index in [1.165, 1.54) is 12.1 Å². The molecule has 0 amide bonds. The third-order valence-corrected chi connectivity index (χ3v) is 3.77. The number of nitro groups is 1. The first kappa shape index (κ1) is 19.5. The largest absolute Gasteiger partial charge is 0.726 e. The van der Waals surface area contributed by atoms with Crippen molar-refractivity contribution in [2.45, 2.75) is 30.7 Å². The van der Waals surface area contributed by atoms with Crippen LogP contribution in [-0.2, 0) is 19.3 Å². The van der Waals surface area contributed by atoms with E-state index in [1.807, 2.05) is 0 Å². The fourth-order valence-electron chi connectivity index (χ4n) is 2.08. The van der Waals surface area contributed by atoms with E-state index >= 15 is 0 Å². The van der Waals surface area contributed by atoms with Gasteiger partial charge in [0.15, 0.2) is 0 Å². The Hall–Kier alpha value is -1.87. The number of aliphatic hydroxyl groups excluding tert-OH is 3. The van der Waals surface area contributed by atoms with Gasteiger partial charge >= 0.3 is 0 Å². The molecule has 12 nitrogen and oxygen atoms in total. The van der Waals surface area contributed by atoms with Crippen LogP contribution in [0.2, 0.25) is 0 Å². The lowest BCUT2D eigenvalue weighted by Crippen LogP contribution is -2.60. The van der Waals surface area contributed by atoms with Crippen LogP contribution in [0, 0.1) is 10.1 Å². The minimum atomic E-state index is -5.06. The van der Waals surface area contributed by atoms with Crippen molar-refractivity contribution in [1.82, 2.24) is 0 Å². The lowest BCUT2D eigenvalue weighted by Gasteiger charge is -2.40. The number of hydrogen-bond donors (Lipinski definition) is 3. The normalized spacial score (nSPS) is 30.0. The summed E-state index contributed by atoms with van der Waals surface area (Å²) in [5, 5.41) is 40.0. The number of ether oxygens (including phenoxy) is 2. The van der Waals surface area contributed by atoms with Gasteiger partial charge in [-0.15, -0.1) is 0 Å². The molecule has 1 aromatic carbocycles. The van der Waals surface area contributed by atoms with Gasteiger partial charge in [0.05, 0.1) is 11.5 Å². The van der Waals surface area contributed by atoms with E-state index in [1.54, 1.807) is 0 Å². The van der Waals surface area contributed by atoms with E-state index in [0.29, 0.717) is 0 Å². The van der Waals surface area contributed by atoms with Crippen LogP contribution in [0.3, 0.4) is 0 Å². The predicted molar refractivity (Wildman–Crippen MR) is 76.1 cm³/mol. The zero-order chi connectivity index (χ0) is 18.8. The Balaban J connectivity index is 2.08. The lowest BCUT2D eigenvalue weighted by atomic mass is 9.99. The molecule has 1 aliphatic heterocycles. The highest BCUT2D eigenvalue weighted by atomic mass is 32.3. The van der Waals surface area contributed by atoms with Gasteiger partial charge in [0.1, 0.15) is 30.2 Å². The highest BCUT2D eigenvalue weighted by molar-refractivity contribution is 7.80. The fourth-order valence-corrected chi connectivity index (χ4v) is 2.38. The van der Waals surface area contributed by atoms with Crippen LogP contribution in [0.4, 0.5) is 5.69 Å². The molecule has 3 N–H and O–H groups in total. The minimum Gasteiger partial charge on any atom is -0.726 e. The minimum absolute atomic E-state index is 0.0364. The molecule has 1 aliphatic rings. The molecular weight excluding hydrogens is 366 g/mol. The number of aliphatic hydroxyl groups is 3. The summed E-state index contributed by atoms with van der Waals surface area (Å²) in [7, 11) is -5.06. The molecule has 1 fully saturated rings. The van der Waals surface area contributed by atoms with E-state index in [-0.39, 0.29) is 11.4 Å². The number of benzene rings is 1. The Morgan fingerprint density at radius 1 is 1.12 bits per heavy atom. The quantitative estimate of drug-likeness (QED) is 0.220. The van der Waals surface area contributed by atoms with E-state index in [2.05, 4.69) is 4.18 Å². The summed E-state index contributed by atoms with van der Waals surface area (Å²) in [6.45, 7) is -0.906. The highest BCUT2D eigenvalue weighted by Crippen LogP contribution is 2.26. The second kappa shape index (κ2) is 7.57. The molecule has 1 saturated heterocycles. The fraction of sp³-hybridized carbons (Fsp3) is 0.500. The molecule has 2 rings (SSSR count). The second-order valence-corrected chi connectivity index (χ2v) is 6.13. The van der Waals surface area contributed by atoms with E-state index < -0.39 is 52.6 Å². The standard InChI is InChI=1S/C12H15NO11S/c14-9-8(5-22-25(19,20)21)24-12(11(16)10(9)15)23-7-3-1-6(2-4-7)13(17)18/h1-4,8-12,14-16H,5H2,(H,19,20,21)/p-1/t8-,9-,10+,11+,12+/m1/s1. The molecule has 1 aromatic rings. The summed E-state index contributed by atoms with van der Waals surface area (Å²) in [5.41, 5.74) is -0.208. The number of nitrogens with zero attached hydrogens (tertiary/aromatic N) is 1. The van der Waals surface area contributed by atoms with Gasteiger partial charge in [0, 0.05) is 12.1 Å². The van der Waals surface area contributed by atoms with Crippen molar-refractivity contribution in [3.8, 4) is 5.75 Å². The van der Waals surface area contributed by atoms with Crippen molar-refractivity contribution < 1.29 is 46.9 Å². The zero-order valence-corrected chi connectivity index (χ0v) is 13.2. The smallest absolute Gasteiger partial charge is 0.269 e. The van der Waals surface area contributed by atoms with Crippen LogP contribution in [0.25, 0.3) is 0 Å². The molecule has 0 spiro atoms. The number of hydrogen-bond acceptors (Lipinski definition) is 11. The van der Waals surface area contributed by atoms with Gasteiger partial charge in [-0.1, -0.05) is 0 Å². The summed E-state index contributed by atoms with van der Waals surface area (Å²) in [6.07, 6.45) is -8.27. The molecule has 0 radical (unpaired) electrons. The summed E-state index contributed by atoms with van der Waals surface area (Å²) >= 11 is 0. The summed E-state index contributed by atoms with van der Waals surface area (Å²) < 4.78 is 45.7. The maximum absolute atomic E-state index is 10.6. The molecular formula is C12H14NO11S-. The first-order chi connectivity index (χ1) is 11.6. The molecule has 0 bridgehead atoms. The van der Waals surface area contributed by atoms with Crippen molar-refractivity contribution in [2.24, 2.45) is 0 Å². The topological polar surface area (TPSA) is 189 Å². The maximum atomic E-state index is 10.6. The third-order valence-electron chi connectivity index (χ3n) is 3.34. The van der Waals surface area contributed by atoms with Crippen molar-refractivity contribution in [3.63, 3.8) is 0 Å². The first-order valence-electron chi connectivity index (χ1n) is 6.79. The van der Waals surface area contributed by atoms with Crippen molar-refractivity contribution in [3.05, 3.63) is 34.4 Å². The van der Waals surface area contributed by atoms with Crippen LogP contribution >= 0.6 is 0 Å². The van der Waals surface area contributed by atoms with Crippen LogP contribution in [0.15, 0.2) is 24.3 Å². The van der Waals surface area contributed by atoms with Gasteiger partial charge in [-0.2, -0.15) is 0 Å². The summed E-state index contributed by atoms with van der Waals surface area (Å²) in [5.74, 6) is 0.0364. The van der Waals surface area contributed by atoms with Gasteiger partial charge in [-0.05, 0) is 12.1 Å². The van der Waals surface area contributed by atoms with E-state index in [4.69, 9.17) is 9.47 Å². The Morgan fingerprint density at radius 2 is 1.72 bits per heavy atom. The Bertz CT molecular complexity index is 706. The third kappa shape index (κ3) is 5.05. The Labute approximate surface area is 141 Å². The van der Waals surface area contributed by atoms with Crippen molar-refractivity contribution in [1.29, 1.82) is 0 Å². The molecule has 0 aliphatic carbocycles. The first-order valence-corrected chi connectivity index (χ1v) is 8.13. The van der Waals surface area contributed by atoms with Gasteiger partial charge in [-0.3, -0.25) is 14.3 Å². The van der Waals surface area contributed by atoms with Gasteiger partial charge < -0.3 is 29.3 Å². The molecule has 0 unspecified atom stereocenters. The summed E-state index contributed by atoms with van der Waals surface area (Å²) in [6, 6.07) is 4.67. The van der Waals surface area contributed by atoms with Crippen LogP contribution in [-0.4, -0.2) is 70.5 Å². The molecule has 0 saturated carbocycles. The van der Waals surface area contributed by atoms with Crippen molar-refractivity contribution in [2.75, 3.05) is 6.61 Å². The predicted octanol–water partition coefficient (Wildman–Crippen LogP) is -1.74. The maximum Gasteiger partial charge on any atom is 0.269 e. The molecule has 0 aromatic heterocycles. The monoisotopic (exact) mass is 380 g/mol. The van der Waals surface area contributed by atoms with Crippen LogP contribution in [0.1, 0.15) is 0 Å². The number of nitro benzene ring substituents is 1. The molecule has 13 heteroatoms. The van der Waals surface area contributed by atoms with Gasteiger partial charge in [-0.25, -0.2) is 8.42 Å². The van der Waals surface area contributed by atoms with Gasteiger partial charge in [0.2, 0.25) is 16.7 Å². The van der Waals surface area contributed by atoms with Gasteiger partial charge in [0.25, 0.3) is 5.69 Å². The van der Waals surface area contributed by atoms with Crippen LogP contribution in [0.5, 0.6) is 5.75 Å². The lowest BCUT2D eigenvalue weighted by molar-refractivity contribution is -0.384. The van der Waals surface area contributed by atoms with E-state index in [9.17, 15) is 38.4 Å². The zero-order valence-electron chi connectivity index (χ0n) is 12.4. The Morgan fingerprint density at radius 3 is 2.24 bits per heavy atom. The molecule has 25 heavy (non-hydrogen) atoms. The SMILES string of the molecule is O=[N+]([O-])c1ccc(O[C@H]2O[C@H](COS(=O)(=O)[O-])[C@@H](O)[C@H](O)[C@@H]2O)cc1. The summed E-state index contributed by atoms with van der Waals surface area (Å²) in [4.78, 5) is 9.95. The molecule has 1 heterocycles. The molecule has 5 atom stereocenters. The average molecular weight is 380 g/mol. The highest BCUT2D eigenvalue weighted by Gasteiger charge is 2.45. The average Bonchev–Trinajstić information content (AvgIpc) is 2.54. The Kier molecular flexibility index (Phi) is 5.89.